The minimum atomic E-state index is -2.29. The summed E-state index contributed by atoms with van der Waals surface area (Å²) in [5.41, 5.74) is -0.356. The molecule has 0 N–H and O–H groups in total. The fraction of sp³-hybridized carbons (Fsp3) is 0.286. The van der Waals surface area contributed by atoms with Gasteiger partial charge in [0.15, 0.2) is 17.1 Å². The Bertz CT molecular complexity index is 1430. The van der Waals surface area contributed by atoms with Gasteiger partial charge in [0.2, 0.25) is 0 Å². The standard InChI is InChI=1S/C21H20F2N8O/c1-21(23,15-4-5-17-14(19(15)22)12-29(2)27-17)20-26-25-18-7-6-16(28-31(18)20)13-10-24-30(11-13)8-9-32-3/h4-7,10-12H,8-9H2,1-3H3. The Morgan fingerprint density at radius 3 is 2.75 bits per heavy atom. The fourth-order valence-corrected chi connectivity index (χ4v) is 3.70. The second-order valence-corrected chi connectivity index (χ2v) is 7.66. The van der Waals surface area contributed by atoms with Crippen LogP contribution in [0.4, 0.5) is 8.78 Å². The van der Waals surface area contributed by atoms with E-state index in [9.17, 15) is 0 Å². The number of rotatable bonds is 6. The Morgan fingerprint density at radius 2 is 1.94 bits per heavy atom. The van der Waals surface area contributed by atoms with E-state index in [1.807, 2.05) is 6.20 Å². The van der Waals surface area contributed by atoms with Crippen molar-refractivity contribution in [1.82, 2.24) is 39.4 Å². The third-order valence-electron chi connectivity index (χ3n) is 5.38. The Morgan fingerprint density at radius 1 is 1.09 bits per heavy atom. The van der Waals surface area contributed by atoms with Crippen molar-refractivity contribution < 1.29 is 13.5 Å². The fourth-order valence-electron chi connectivity index (χ4n) is 3.70. The van der Waals surface area contributed by atoms with Gasteiger partial charge in [0.25, 0.3) is 0 Å². The number of fused-ring (bicyclic) bond motifs is 2. The number of hydrogen-bond donors (Lipinski definition) is 0. The molecule has 1 atom stereocenters. The lowest BCUT2D eigenvalue weighted by Crippen LogP contribution is -2.23. The summed E-state index contributed by atoms with van der Waals surface area (Å²) in [7, 11) is 3.30. The number of aryl methyl sites for hydroxylation is 1. The molecule has 0 aliphatic carbocycles. The zero-order valence-electron chi connectivity index (χ0n) is 17.7. The molecule has 5 rings (SSSR count). The second kappa shape index (κ2) is 7.45. The number of halogens is 2. The summed E-state index contributed by atoms with van der Waals surface area (Å²) in [5.74, 6) is -0.809. The quantitative estimate of drug-likeness (QED) is 0.405. The van der Waals surface area contributed by atoms with Gasteiger partial charge in [-0.3, -0.25) is 9.36 Å². The highest BCUT2D eigenvalue weighted by Gasteiger charge is 2.38. The summed E-state index contributed by atoms with van der Waals surface area (Å²) in [5, 5.41) is 21.2. The molecule has 11 heteroatoms. The third-order valence-corrected chi connectivity index (χ3v) is 5.38. The van der Waals surface area contributed by atoms with Crippen LogP contribution in [-0.2, 0) is 24.0 Å². The van der Waals surface area contributed by atoms with Gasteiger partial charge in [-0.1, -0.05) is 6.07 Å². The summed E-state index contributed by atoms with van der Waals surface area (Å²) < 4.78 is 40.9. The van der Waals surface area contributed by atoms with Gasteiger partial charge in [-0.05, 0) is 25.1 Å². The van der Waals surface area contributed by atoms with Gasteiger partial charge in [-0.15, -0.1) is 10.2 Å². The summed E-state index contributed by atoms with van der Waals surface area (Å²) in [6.07, 6.45) is 5.00. The van der Waals surface area contributed by atoms with E-state index in [0.29, 0.717) is 30.0 Å². The number of hydrogen-bond acceptors (Lipinski definition) is 6. The molecule has 0 radical (unpaired) electrons. The van der Waals surface area contributed by atoms with E-state index in [2.05, 4.69) is 25.5 Å². The van der Waals surface area contributed by atoms with Crippen molar-refractivity contribution in [1.29, 1.82) is 0 Å². The minimum Gasteiger partial charge on any atom is -0.383 e. The lowest BCUT2D eigenvalue weighted by atomic mass is 9.95. The van der Waals surface area contributed by atoms with Gasteiger partial charge in [0.05, 0.1) is 35.9 Å². The maximum atomic E-state index is 16.1. The number of ether oxygens (including phenoxy) is 1. The molecule has 4 heterocycles. The highest BCUT2D eigenvalue weighted by Crippen LogP contribution is 2.36. The number of nitrogens with zero attached hydrogens (tertiary/aromatic N) is 8. The molecule has 0 fully saturated rings. The van der Waals surface area contributed by atoms with Crippen molar-refractivity contribution in [2.45, 2.75) is 19.1 Å². The first kappa shape index (κ1) is 20.2. The first-order valence-electron chi connectivity index (χ1n) is 9.94. The monoisotopic (exact) mass is 438 g/mol. The maximum Gasteiger partial charge on any atom is 0.197 e. The molecule has 1 unspecified atom stereocenters. The smallest absolute Gasteiger partial charge is 0.197 e. The Hall–Kier alpha value is -3.73. The topological polar surface area (TPSA) is 88.0 Å². The molecule has 0 aliphatic heterocycles. The van der Waals surface area contributed by atoms with E-state index in [-0.39, 0.29) is 16.8 Å². The summed E-state index contributed by atoms with van der Waals surface area (Å²) >= 11 is 0. The van der Waals surface area contributed by atoms with E-state index in [4.69, 9.17) is 4.74 Å². The molecule has 32 heavy (non-hydrogen) atoms. The van der Waals surface area contributed by atoms with Gasteiger partial charge in [0, 0.05) is 37.7 Å². The van der Waals surface area contributed by atoms with Crippen LogP contribution in [0.5, 0.6) is 0 Å². The van der Waals surface area contributed by atoms with Gasteiger partial charge >= 0.3 is 0 Å². The molecule has 0 saturated heterocycles. The molecule has 0 aliphatic rings. The van der Waals surface area contributed by atoms with Crippen molar-refractivity contribution in [3.63, 3.8) is 0 Å². The lowest BCUT2D eigenvalue weighted by Gasteiger charge is -2.19. The van der Waals surface area contributed by atoms with E-state index in [1.54, 1.807) is 43.2 Å². The van der Waals surface area contributed by atoms with Crippen LogP contribution >= 0.6 is 0 Å². The molecular weight excluding hydrogens is 418 g/mol. The average Bonchev–Trinajstić information content (AvgIpc) is 3.49. The molecule has 9 nitrogen and oxygen atoms in total. The van der Waals surface area contributed by atoms with E-state index >= 15 is 8.78 Å². The first-order chi connectivity index (χ1) is 15.4. The normalized spacial score (nSPS) is 13.8. The second-order valence-electron chi connectivity index (χ2n) is 7.66. The van der Waals surface area contributed by atoms with E-state index in [0.717, 1.165) is 5.56 Å². The van der Waals surface area contributed by atoms with E-state index in [1.165, 1.54) is 28.4 Å². The van der Waals surface area contributed by atoms with Crippen LogP contribution in [-0.4, -0.2) is 53.1 Å². The predicted molar refractivity (Wildman–Crippen MR) is 112 cm³/mol. The molecule has 5 aromatic rings. The maximum absolute atomic E-state index is 16.1. The van der Waals surface area contributed by atoms with Gasteiger partial charge in [-0.25, -0.2) is 8.78 Å². The van der Waals surface area contributed by atoms with Crippen LogP contribution in [0.25, 0.3) is 27.8 Å². The highest BCUT2D eigenvalue weighted by molar-refractivity contribution is 5.80. The van der Waals surface area contributed by atoms with Crippen molar-refractivity contribution in [2.75, 3.05) is 13.7 Å². The predicted octanol–water partition coefficient (Wildman–Crippen LogP) is 2.89. The minimum absolute atomic E-state index is 0.122. The first-order valence-corrected chi connectivity index (χ1v) is 9.94. The van der Waals surface area contributed by atoms with Crippen molar-refractivity contribution in [3.8, 4) is 11.3 Å². The molecule has 0 spiro atoms. The third kappa shape index (κ3) is 3.21. The van der Waals surface area contributed by atoms with Crippen LogP contribution < -0.4 is 0 Å². The highest BCUT2D eigenvalue weighted by atomic mass is 19.1. The molecule has 4 aromatic heterocycles. The Kier molecular flexibility index (Phi) is 4.70. The van der Waals surface area contributed by atoms with Gasteiger partial charge in [0.1, 0.15) is 5.82 Å². The molecule has 0 bridgehead atoms. The molecule has 1 aromatic carbocycles. The largest absolute Gasteiger partial charge is 0.383 e. The van der Waals surface area contributed by atoms with Crippen LogP contribution in [0.3, 0.4) is 0 Å². The van der Waals surface area contributed by atoms with Crippen molar-refractivity contribution in [2.24, 2.45) is 7.05 Å². The van der Waals surface area contributed by atoms with Gasteiger partial charge < -0.3 is 4.74 Å². The SMILES string of the molecule is COCCn1cc(-c2ccc3nnc(C(C)(F)c4ccc5nn(C)cc5c4F)n3n2)cn1. The lowest BCUT2D eigenvalue weighted by molar-refractivity contribution is 0.183. The van der Waals surface area contributed by atoms with Crippen LogP contribution in [0, 0.1) is 5.82 Å². The number of methoxy groups -OCH3 is 1. The number of alkyl halides is 1. The Labute approximate surface area is 181 Å². The molecule has 164 valence electrons. The van der Waals surface area contributed by atoms with E-state index < -0.39 is 11.5 Å². The number of aromatic nitrogens is 8. The summed E-state index contributed by atoms with van der Waals surface area (Å²) in [6, 6.07) is 6.41. The summed E-state index contributed by atoms with van der Waals surface area (Å²) in [4.78, 5) is 0. The average molecular weight is 438 g/mol. The van der Waals surface area contributed by atoms with Crippen molar-refractivity contribution >= 4 is 16.6 Å². The summed E-state index contributed by atoms with van der Waals surface area (Å²) in [6.45, 7) is 2.37. The van der Waals surface area contributed by atoms with Crippen LogP contribution in [0.15, 0.2) is 42.9 Å². The Balaban J connectivity index is 1.59. The molecule has 0 saturated carbocycles. The molecule has 0 amide bonds. The van der Waals surface area contributed by atoms with Gasteiger partial charge in [-0.2, -0.15) is 19.8 Å². The van der Waals surface area contributed by atoms with Crippen molar-refractivity contribution in [3.05, 3.63) is 60.1 Å². The number of benzene rings is 1. The van der Waals surface area contributed by atoms with Crippen LogP contribution in [0.2, 0.25) is 0 Å². The van der Waals surface area contributed by atoms with Crippen LogP contribution in [0.1, 0.15) is 18.3 Å². The molecular formula is C21H20F2N8O. The zero-order chi connectivity index (χ0) is 22.5. The zero-order valence-corrected chi connectivity index (χ0v) is 17.7.